The Hall–Kier alpha value is -0.170. The number of piperidine rings is 1. The van der Waals surface area contributed by atoms with Crippen LogP contribution in [0.2, 0.25) is 0 Å². The molecular weight excluding hydrogens is 274 g/mol. The van der Waals surface area contributed by atoms with Crippen LogP contribution in [0, 0.1) is 0 Å². The van der Waals surface area contributed by atoms with E-state index in [1.165, 1.54) is 12.8 Å². The van der Waals surface area contributed by atoms with Crippen LogP contribution >= 0.6 is 0 Å². The van der Waals surface area contributed by atoms with Crippen LogP contribution in [0.5, 0.6) is 0 Å². The van der Waals surface area contributed by atoms with E-state index in [2.05, 4.69) is 24.1 Å². The molecule has 2 saturated heterocycles. The zero-order chi connectivity index (χ0) is 14.6. The van der Waals surface area contributed by atoms with Gasteiger partial charge in [0.05, 0.1) is 5.75 Å². The number of hydrogen-bond donors (Lipinski definition) is 1. The van der Waals surface area contributed by atoms with E-state index < -0.39 is 10.0 Å². The molecule has 20 heavy (non-hydrogen) atoms. The summed E-state index contributed by atoms with van der Waals surface area (Å²) in [6, 6.07) is 0.726. The van der Waals surface area contributed by atoms with Crippen LogP contribution in [-0.4, -0.2) is 68.2 Å². The summed E-state index contributed by atoms with van der Waals surface area (Å²) in [5, 5.41) is 3.43. The van der Waals surface area contributed by atoms with Crippen LogP contribution in [0.1, 0.15) is 39.5 Å². The van der Waals surface area contributed by atoms with E-state index in [-0.39, 0.29) is 0 Å². The molecule has 1 N–H and O–H groups in total. The van der Waals surface area contributed by atoms with E-state index in [0.717, 1.165) is 32.5 Å². The minimum atomic E-state index is -3.08. The van der Waals surface area contributed by atoms with Gasteiger partial charge in [-0.05, 0) is 39.3 Å². The lowest BCUT2D eigenvalue weighted by molar-refractivity contribution is 0.135. The zero-order valence-corrected chi connectivity index (χ0v) is 13.7. The van der Waals surface area contributed by atoms with E-state index in [0.29, 0.717) is 30.9 Å². The molecule has 2 aliphatic rings. The van der Waals surface area contributed by atoms with Crippen molar-refractivity contribution in [1.29, 1.82) is 0 Å². The van der Waals surface area contributed by atoms with Gasteiger partial charge in [-0.3, -0.25) is 4.90 Å². The summed E-state index contributed by atoms with van der Waals surface area (Å²) in [6.07, 6.45) is 4.32. The van der Waals surface area contributed by atoms with Crippen LogP contribution < -0.4 is 5.32 Å². The highest BCUT2D eigenvalue weighted by atomic mass is 32.2. The van der Waals surface area contributed by atoms with E-state index in [9.17, 15) is 8.42 Å². The van der Waals surface area contributed by atoms with Crippen LogP contribution in [-0.2, 0) is 10.0 Å². The van der Waals surface area contributed by atoms with Crippen molar-refractivity contribution in [2.75, 3.05) is 38.5 Å². The lowest BCUT2D eigenvalue weighted by atomic mass is 10.0. The van der Waals surface area contributed by atoms with Gasteiger partial charge in [0.25, 0.3) is 0 Å². The summed E-state index contributed by atoms with van der Waals surface area (Å²) in [4.78, 5) is 2.34. The number of nitrogens with one attached hydrogen (secondary N) is 1. The summed E-state index contributed by atoms with van der Waals surface area (Å²) in [5.74, 6) is 0.295. The fourth-order valence-electron chi connectivity index (χ4n) is 3.27. The molecule has 2 fully saturated rings. The molecule has 0 spiro atoms. The second-order valence-electron chi connectivity index (χ2n) is 6.09. The minimum absolute atomic E-state index is 0.295. The van der Waals surface area contributed by atoms with Gasteiger partial charge < -0.3 is 5.32 Å². The Morgan fingerprint density at radius 2 is 2.05 bits per heavy atom. The Kier molecular flexibility index (Phi) is 5.84. The normalized spacial score (nSPS) is 30.5. The number of hydrogen-bond acceptors (Lipinski definition) is 4. The monoisotopic (exact) mass is 303 g/mol. The van der Waals surface area contributed by atoms with Crippen LogP contribution in [0.3, 0.4) is 0 Å². The standard InChI is InChI=1S/C14H29N3O2S/c1-3-16-9-10-17(12-13(16)2)20(18,19)11-7-14-6-4-5-8-15-14/h13-15H,3-12H2,1-2H3. The third kappa shape index (κ3) is 4.16. The Morgan fingerprint density at radius 3 is 2.65 bits per heavy atom. The Morgan fingerprint density at radius 1 is 1.25 bits per heavy atom. The molecule has 0 aliphatic carbocycles. The molecule has 0 aromatic rings. The molecule has 2 atom stereocenters. The summed E-state index contributed by atoms with van der Waals surface area (Å²) < 4.78 is 26.6. The largest absolute Gasteiger partial charge is 0.314 e. The Labute approximate surface area is 123 Å². The number of rotatable bonds is 5. The predicted octanol–water partition coefficient (Wildman–Crippen LogP) is 0.874. The topological polar surface area (TPSA) is 52.7 Å². The molecule has 5 nitrogen and oxygen atoms in total. The maximum Gasteiger partial charge on any atom is 0.214 e. The van der Waals surface area contributed by atoms with Gasteiger partial charge in [-0.25, -0.2) is 8.42 Å². The first-order valence-electron chi connectivity index (χ1n) is 7.98. The second-order valence-corrected chi connectivity index (χ2v) is 8.18. The molecule has 2 heterocycles. The van der Waals surface area contributed by atoms with Gasteiger partial charge in [-0.2, -0.15) is 4.31 Å². The molecular formula is C14H29N3O2S. The summed E-state index contributed by atoms with van der Waals surface area (Å²) in [5.41, 5.74) is 0. The average Bonchev–Trinajstić information content (AvgIpc) is 2.46. The lowest BCUT2D eigenvalue weighted by Gasteiger charge is -2.38. The average molecular weight is 303 g/mol. The molecule has 0 bridgehead atoms. The van der Waals surface area contributed by atoms with Crippen molar-refractivity contribution in [3.8, 4) is 0 Å². The van der Waals surface area contributed by atoms with Crippen LogP contribution in [0.4, 0.5) is 0 Å². The van der Waals surface area contributed by atoms with Gasteiger partial charge >= 0.3 is 0 Å². The number of sulfonamides is 1. The highest BCUT2D eigenvalue weighted by Crippen LogP contribution is 2.16. The zero-order valence-electron chi connectivity index (χ0n) is 12.8. The van der Waals surface area contributed by atoms with Gasteiger partial charge in [-0.1, -0.05) is 13.3 Å². The van der Waals surface area contributed by atoms with Gasteiger partial charge in [0.1, 0.15) is 0 Å². The molecule has 2 aliphatic heterocycles. The maximum absolute atomic E-state index is 12.4. The molecule has 118 valence electrons. The fraction of sp³-hybridized carbons (Fsp3) is 1.00. The van der Waals surface area contributed by atoms with Crippen molar-refractivity contribution in [1.82, 2.24) is 14.5 Å². The molecule has 0 aromatic carbocycles. The van der Waals surface area contributed by atoms with E-state index >= 15 is 0 Å². The molecule has 2 unspecified atom stereocenters. The SMILES string of the molecule is CCN1CCN(S(=O)(=O)CCC2CCCCN2)CC1C. The Bertz CT molecular complexity index is 393. The predicted molar refractivity (Wildman–Crippen MR) is 82.3 cm³/mol. The molecule has 0 saturated carbocycles. The quantitative estimate of drug-likeness (QED) is 0.819. The van der Waals surface area contributed by atoms with Crippen LogP contribution in [0.25, 0.3) is 0 Å². The van der Waals surface area contributed by atoms with Gasteiger partial charge in [0.2, 0.25) is 10.0 Å². The summed E-state index contributed by atoms with van der Waals surface area (Å²) in [6.45, 7) is 8.45. The third-order valence-electron chi connectivity index (χ3n) is 4.66. The van der Waals surface area contributed by atoms with Crippen molar-refractivity contribution < 1.29 is 8.42 Å². The minimum Gasteiger partial charge on any atom is -0.314 e. The first-order chi connectivity index (χ1) is 9.53. The van der Waals surface area contributed by atoms with E-state index in [1.54, 1.807) is 4.31 Å². The van der Waals surface area contributed by atoms with Gasteiger partial charge in [0.15, 0.2) is 0 Å². The second kappa shape index (κ2) is 7.20. The van der Waals surface area contributed by atoms with Gasteiger partial charge in [0, 0.05) is 31.7 Å². The van der Waals surface area contributed by atoms with Gasteiger partial charge in [-0.15, -0.1) is 0 Å². The molecule has 0 amide bonds. The maximum atomic E-state index is 12.4. The summed E-state index contributed by atoms with van der Waals surface area (Å²) in [7, 11) is -3.08. The lowest BCUT2D eigenvalue weighted by Crippen LogP contribution is -2.54. The highest BCUT2D eigenvalue weighted by Gasteiger charge is 2.30. The Balaban J connectivity index is 1.83. The van der Waals surface area contributed by atoms with Crippen molar-refractivity contribution >= 4 is 10.0 Å². The van der Waals surface area contributed by atoms with E-state index in [4.69, 9.17) is 0 Å². The first-order valence-corrected chi connectivity index (χ1v) is 9.59. The van der Waals surface area contributed by atoms with Crippen molar-refractivity contribution in [2.24, 2.45) is 0 Å². The summed E-state index contributed by atoms with van der Waals surface area (Å²) >= 11 is 0. The molecule has 6 heteroatoms. The fourth-order valence-corrected chi connectivity index (χ4v) is 4.92. The van der Waals surface area contributed by atoms with Crippen molar-refractivity contribution in [3.05, 3.63) is 0 Å². The van der Waals surface area contributed by atoms with Crippen molar-refractivity contribution in [3.63, 3.8) is 0 Å². The number of piperazine rings is 1. The highest BCUT2D eigenvalue weighted by molar-refractivity contribution is 7.89. The smallest absolute Gasteiger partial charge is 0.214 e. The molecule has 2 rings (SSSR count). The van der Waals surface area contributed by atoms with Crippen molar-refractivity contribution in [2.45, 2.75) is 51.6 Å². The third-order valence-corrected chi connectivity index (χ3v) is 6.53. The molecule has 0 aromatic heterocycles. The number of likely N-dealkylation sites (N-methyl/N-ethyl adjacent to an activating group) is 1. The first kappa shape index (κ1) is 16.2. The van der Waals surface area contributed by atoms with E-state index in [1.807, 2.05) is 0 Å². The molecule has 0 radical (unpaired) electrons. The van der Waals surface area contributed by atoms with Crippen LogP contribution in [0.15, 0.2) is 0 Å². The number of nitrogens with zero attached hydrogens (tertiary/aromatic N) is 2.